The van der Waals surface area contributed by atoms with E-state index in [2.05, 4.69) is 0 Å². The Bertz CT molecular complexity index is 40.1. The molecule has 0 aromatic heterocycles. The summed E-state index contributed by atoms with van der Waals surface area (Å²) in [5.74, 6) is 0. The molecule has 0 aromatic carbocycles. The molecule has 0 amide bonds. The van der Waals surface area contributed by atoms with Crippen molar-refractivity contribution in [1.29, 1.82) is 0 Å². The van der Waals surface area contributed by atoms with E-state index in [1.807, 2.05) is 6.79 Å². The van der Waals surface area contributed by atoms with Crippen LogP contribution >= 0.6 is 0 Å². The predicted molar refractivity (Wildman–Crippen MR) is 20.0 cm³/mol. The molecular weight excluding hydrogens is 86.0 g/mol. The summed E-state index contributed by atoms with van der Waals surface area (Å²) in [7, 11) is 0.889. The van der Waals surface area contributed by atoms with Crippen molar-refractivity contribution in [3.8, 4) is 0 Å². The molecule has 0 bridgehead atoms. The van der Waals surface area contributed by atoms with E-state index in [0.717, 1.165) is 7.05 Å². The van der Waals surface area contributed by atoms with Crippen LogP contribution in [0.2, 0.25) is 0 Å². The van der Waals surface area contributed by atoms with Crippen LogP contribution in [0.3, 0.4) is 0 Å². The van der Waals surface area contributed by atoms with Crippen LogP contribution < -0.4 is 0 Å². The molecule has 4 nitrogen and oxygen atoms in total. The van der Waals surface area contributed by atoms with Crippen LogP contribution in [-0.4, -0.2) is 18.8 Å². The summed E-state index contributed by atoms with van der Waals surface area (Å²) in [6.07, 6.45) is 0. The van der Waals surface area contributed by atoms with Gasteiger partial charge in [-0.3, -0.25) is 10.1 Å². The highest BCUT2D eigenvalue weighted by Gasteiger charge is 1.57. The molecule has 0 N–H and O–H groups in total. The fourth-order valence-corrected chi connectivity index (χ4v) is 0. The minimum Gasteiger partial charge on any atom is -0.307 e. The Morgan fingerprint density at radius 1 is 1.67 bits per heavy atom. The van der Waals surface area contributed by atoms with Gasteiger partial charge in [-0.25, -0.2) is 0 Å². The minimum atomic E-state index is -0.500. The molecule has 0 aliphatic carbocycles. The van der Waals surface area contributed by atoms with Crippen molar-refractivity contribution in [2.45, 2.75) is 0 Å². The van der Waals surface area contributed by atoms with E-state index in [1.165, 1.54) is 0 Å². The fraction of sp³-hybridized carbons (Fsp3) is 0.500. The van der Waals surface area contributed by atoms with Crippen molar-refractivity contribution < 1.29 is 9.72 Å². The molecule has 0 heterocycles. The van der Waals surface area contributed by atoms with E-state index in [4.69, 9.17) is 14.9 Å². The highest BCUT2D eigenvalue weighted by Crippen LogP contribution is 1.39. The first-order valence-electron chi connectivity index (χ1n) is 1.10. The predicted octanol–water partition coefficient (Wildman–Crippen LogP) is -0.292. The third-order valence-electron chi connectivity index (χ3n) is 0. The van der Waals surface area contributed by atoms with Crippen molar-refractivity contribution in [2.24, 2.45) is 0 Å². The number of hydrogen-bond donors (Lipinski definition) is 0. The Morgan fingerprint density at radius 2 is 1.67 bits per heavy atom. The molecule has 0 atom stereocenters. The van der Waals surface area contributed by atoms with Gasteiger partial charge in [0.15, 0.2) is 7.05 Å². The maximum absolute atomic E-state index is 8.81. The van der Waals surface area contributed by atoms with Gasteiger partial charge in [0.2, 0.25) is 0 Å². The van der Waals surface area contributed by atoms with Gasteiger partial charge < -0.3 is 4.79 Å². The number of hydrogen-bond acceptors (Lipinski definition) is 3. The second kappa shape index (κ2) is 8.95. The normalized spacial score (nSPS) is 4.83. The summed E-state index contributed by atoms with van der Waals surface area (Å²) in [5, 5.41) is 8.81. The van der Waals surface area contributed by atoms with E-state index >= 15 is 0 Å². The van der Waals surface area contributed by atoms with Gasteiger partial charge in [-0.15, -0.1) is 0 Å². The summed E-state index contributed by atoms with van der Waals surface area (Å²) < 4.78 is 0. The van der Waals surface area contributed by atoms with Crippen molar-refractivity contribution in [1.82, 2.24) is 0 Å². The van der Waals surface area contributed by atoms with Gasteiger partial charge in [0.05, 0.1) is 0 Å². The largest absolute Gasteiger partial charge is 0.307 e. The summed E-state index contributed by atoms with van der Waals surface area (Å²) in [6.45, 7) is 2.00. The molecule has 0 saturated heterocycles. The highest BCUT2D eigenvalue weighted by atomic mass is 16.6. The molecule has 36 valence electrons. The Hall–Kier alpha value is -0.930. The standard InChI is InChI=1S/CH3NO2.CH2O/c1-2(3)4;1-2/h1H3;1H2. The molecule has 0 spiro atoms. The van der Waals surface area contributed by atoms with Crippen LogP contribution in [0.1, 0.15) is 0 Å². The van der Waals surface area contributed by atoms with Gasteiger partial charge in [-0.05, 0) is 0 Å². The van der Waals surface area contributed by atoms with Crippen LogP contribution in [0.15, 0.2) is 0 Å². The molecule has 0 radical (unpaired) electrons. The monoisotopic (exact) mass is 91.0 g/mol. The Labute approximate surface area is 34.9 Å². The lowest BCUT2D eigenvalue weighted by atomic mass is 11.5. The number of rotatable bonds is 0. The maximum atomic E-state index is 8.81. The number of nitro groups is 1. The molecule has 6 heavy (non-hydrogen) atoms. The van der Waals surface area contributed by atoms with Crippen LogP contribution in [0, 0.1) is 10.1 Å². The summed E-state index contributed by atoms with van der Waals surface area (Å²) in [6, 6.07) is 0. The van der Waals surface area contributed by atoms with E-state index in [1.54, 1.807) is 0 Å². The van der Waals surface area contributed by atoms with E-state index in [9.17, 15) is 0 Å². The van der Waals surface area contributed by atoms with E-state index < -0.39 is 4.92 Å². The first-order chi connectivity index (χ1) is 2.73. The number of carbonyl (C=O) groups excluding carboxylic acids is 1. The lowest BCUT2D eigenvalue weighted by molar-refractivity contribution is -0.445. The van der Waals surface area contributed by atoms with E-state index in [0.29, 0.717) is 0 Å². The Kier molecular flexibility index (Phi) is 13.3. The van der Waals surface area contributed by atoms with Crippen molar-refractivity contribution in [2.75, 3.05) is 7.05 Å². The van der Waals surface area contributed by atoms with Crippen molar-refractivity contribution in [3.05, 3.63) is 10.1 Å². The number of nitrogens with zero attached hydrogens (tertiary/aromatic N) is 1. The van der Waals surface area contributed by atoms with Gasteiger partial charge in [0, 0.05) is 4.92 Å². The topological polar surface area (TPSA) is 60.2 Å². The molecule has 0 unspecified atom stereocenters. The molecule has 0 fully saturated rings. The van der Waals surface area contributed by atoms with Crippen LogP contribution in [0.5, 0.6) is 0 Å². The Balaban J connectivity index is 0. The quantitative estimate of drug-likeness (QED) is 0.304. The van der Waals surface area contributed by atoms with Crippen molar-refractivity contribution in [3.63, 3.8) is 0 Å². The minimum absolute atomic E-state index is 0.500. The molecule has 4 heteroatoms. The molecule has 0 saturated carbocycles. The lowest BCUT2D eigenvalue weighted by Gasteiger charge is -1.63. The fourth-order valence-electron chi connectivity index (χ4n) is 0. The average molecular weight is 91.1 g/mol. The second-order valence-corrected chi connectivity index (χ2v) is 0.440. The molecular formula is C2H5NO3. The first kappa shape index (κ1) is 8.91. The van der Waals surface area contributed by atoms with Crippen molar-refractivity contribution >= 4 is 6.79 Å². The third kappa shape index (κ3) is 15.2. The zero-order valence-corrected chi connectivity index (χ0v) is 3.38. The second-order valence-electron chi connectivity index (χ2n) is 0.440. The van der Waals surface area contributed by atoms with Gasteiger partial charge in [0.25, 0.3) is 0 Å². The third-order valence-corrected chi connectivity index (χ3v) is 0. The molecule has 0 aliphatic heterocycles. The van der Waals surface area contributed by atoms with Gasteiger partial charge in [0.1, 0.15) is 6.79 Å². The van der Waals surface area contributed by atoms with Gasteiger partial charge in [-0.1, -0.05) is 0 Å². The maximum Gasteiger partial charge on any atom is 0.194 e. The number of carbonyl (C=O) groups is 1. The highest BCUT2D eigenvalue weighted by molar-refractivity contribution is 5.10. The van der Waals surface area contributed by atoms with Gasteiger partial charge >= 0.3 is 0 Å². The van der Waals surface area contributed by atoms with E-state index in [-0.39, 0.29) is 0 Å². The average Bonchev–Trinajstić information content (AvgIpc) is 1.41. The molecule has 0 aromatic rings. The summed E-state index contributed by atoms with van der Waals surface area (Å²) in [4.78, 5) is 16.3. The SMILES string of the molecule is C=O.C[N+](=O)[O-]. The zero-order valence-electron chi connectivity index (χ0n) is 3.38. The van der Waals surface area contributed by atoms with Crippen LogP contribution in [-0.2, 0) is 4.79 Å². The smallest absolute Gasteiger partial charge is 0.194 e. The Morgan fingerprint density at radius 3 is 1.67 bits per heavy atom. The van der Waals surface area contributed by atoms with Crippen LogP contribution in [0.25, 0.3) is 0 Å². The zero-order chi connectivity index (χ0) is 5.58. The van der Waals surface area contributed by atoms with Crippen LogP contribution in [0.4, 0.5) is 0 Å². The summed E-state index contributed by atoms with van der Waals surface area (Å²) in [5.41, 5.74) is 0. The molecule has 0 aliphatic rings. The lowest BCUT2D eigenvalue weighted by Crippen LogP contribution is -1.79. The summed E-state index contributed by atoms with van der Waals surface area (Å²) >= 11 is 0. The van der Waals surface area contributed by atoms with Gasteiger partial charge in [-0.2, -0.15) is 0 Å². The first-order valence-corrected chi connectivity index (χ1v) is 1.10. The molecule has 0 rings (SSSR count).